The molecular formula is C17H22N2. The fourth-order valence-electron chi connectivity index (χ4n) is 3.78. The molecule has 100 valence electrons. The van der Waals surface area contributed by atoms with Crippen LogP contribution in [0, 0.1) is 11.3 Å². The molecule has 2 nitrogen and oxygen atoms in total. The second kappa shape index (κ2) is 5.35. The maximum absolute atomic E-state index is 9.94. The fraction of sp³-hybridized carbons (Fsp3) is 0.588. The van der Waals surface area contributed by atoms with Crippen LogP contribution in [-0.2, 0) is 12.0 Å². The first-order valence-corrected chi connectivity index (χ1v) is 7.61. The number of fused-ring (bicyclic) bond motifs is 1. The number of aryl methyl sites for hydroxylation is 1. The van der Waals surface area contributed by atoms with Gasteiger partial charge in [0, 0.05) is 0 Å². The molecule has 1 atom stereocenters. The summed E-state index contributed by atoms with van der Waals surface area (Å²) in [4.78, 5) is 2.47. The second-order valence-electron chi connectivity index (χ2n) is 5.88. The molecule has 0 aromatic heterocycles. The zero-order chi connectivity index (χ0) is 13.1. The Kier molecular flexibility index (Phi) is 3.57. The van der Waals surface area contributed by atoms with Crippen molar-refractivity contribution < 1.29 is 0 Å². The first-order chi connectivity index (χ1) is 9.37. The van der Waals surface area contributed by atoms with E-state index in [-0.39, 0.29) is 5.54 Å². The van der Waals surface area contributed by atoms with Crippen LogP contribution in [0.3, 0.4) is 0 Å². The Hall–Kier alpha value is -1.33. The number of nitrogens with zero attached hydrogens (tertiary/aromatic N) is 2. The van der Waals surface area contributed by atoms with Crippen molar-refractivity contribution in [3.05, 3.63) is 35.4 Å². The summed E-state index contributed by atoms with van der Waals surface area (Å²) in [5.74, 6) is 0. The number of benzene rings is 1. The number of nitriles is 1. The third kappa shape index (κ3) is 2.17. The summed E-state index contributed by atoms with van der Waals surface area (Å²) in [7, 11) is 0. The number of hydrogen-bond donors (Lipinski definition) is 0. The van der Waals surface area contributed by atoms with Gasteiger partial charge in [0.25, 0.3) is 0 Å². The monoisotopic (exact) mass is 254 g/mol. The lowest BCUT2D eigenvalue weighted by molar-refractivity contribution is 0.122. The van der Waals surface area contributed by atoms with E-state index in [0.717, 1.165) is 32.4 Å². The molecule has 19 heavy (non-hydrogen) atoms. The van der Waals surface area contributed by atoms with E-state index in [1.54, 1.807) is 0 Å². The molecule has 2 aliphatic rings. The SMILES string of the molecule is N#CC1(N2CCCCCC2)CCCc2ccccc21. The Labute approximate surface area is 116 Å². The van der Waals surface area contributed by atoms with Gasteiger partial charge in [-0.2, -0.15) is 5.26 Å². The molecule has 1 fully saturated rings. The molecule has 1 aromatic carbocycles. The van der Waals surface area contributed by atoms with Crippen LogP contribution < -0.4 is 0 Å². The van der Waals surface area contributed by atoms with Gasteiger partial charge in [-0.3, -0.25) is 4.90 Å². The molecular weight excluding hydrogens is 232 g/mol. The molecule has 1 aliphatic heterocycles. The average Bonchev–Trinajstić information content (AvgIpc) is 2.76. The van der Waals surface area contributed by atoms with E-state index in [4.69, 9.17) is 0 Å². The summed E-state index contributed by atoms with van der Waals surface area (Å²) in [6.07, 6.45) is 8.39. The molecule has 0 bridgehead atoms. The molecule has 1 aromatic rings. The van der Waals surface area contributed by atoms with Crippen LogP contribution in [0.1, 0.15) is 49.7 Å². The summed E-state index contributed by atoms with van der Waals surface area (Å²) < 4.78 is 0. The first kappa shape index (κ1) is 12.7. The molecule has 1 unspecified atom stereocenters. The van der Waals surface area contributed by atoms with E-state index in [1.165, 1.54) is 36.8 Å². The largest absolute Gasteiger partial charge is 0.282 e. The highest BCUT2D eigenvalue weighted by Crippen LogP contribution is 2.40. The van der Waals surface area contributed by atoms with Crippen molar-refractivity contribution in [1.29, 1.82) is 5.26 Å². The third-order valence-electron chi connectivity index (χ3n) is 4.78. The number of rotatable bonds is 1. The van der Waals surface area contributed by atoms with Crippen molar-refractivity contribution in [1.82, 2.24) is 4.90 Å². The van der Waals surface area contributed by atoms with Crippen molar-refractivity contribution in [3.63, 3.8) is 0 Å². The van der Waals surface area contributed by atoms with Gasteiger partial charge in [-0.05, 0) is 56.3 Å². The smallest absolute Gasteiger partial charge is 0.135 e. The molecule has 0 radical (unpaired) electrons. The van der Waals surface area contributed by atoms with E-state index < -0.39 is 0 Å². The molecule has 0 saturated carbocycles. The van der Waals surface area contributed by atoms with E-state index in [2.05, 4.69) is 35.2 Å². The maximum atomic E-state index is 9.94. The molecule has 1 saturated heterocycles. The highest BCUT2D eigenvalue weighted by Gasteiger charge is 2.41. The predicted octanol–water partition coefficient (Wildman–Crippen LogP) is 3.62. The van der Waals surface area contributed by atoms with Crippen molar-refractivity contribution in [2.24, 2.45) is 0 Å². The van der Waals surface area contributed by atoms with Gasteiger partial charge in [0.15, 0.2) is 0 Å². The first-order valence-electron chi connectivity index (χ1n) is 7.61. The quantitative estimate of drug-likeness (QED) is 0.765. The molecule has 1 heterocycles. The summed E-state index contributed by atoms with van der Waals surface area (Å²) >= 11 is 0. The minimum Gasteiger partial charge on any atom is -0.282 e. The van der Waals surface area contributed by atoms with Gasteiger partial charge in [0.2, 0.25) is 0 Å². The highest BCUT2D eigenvalue weighted by atomic mass is 15.2. The normalized spacial score (nSPS) is 28.2. The van der Waals surface area contributed by atoms with Gasteiger partial charge >= 0.3 is 0 Å². The fourth-order valence-corrected chi connectivity index (χ4v) is 3.78. The molecule has 0 N–H and O–H groups in total. The van der Waals surface area contributed by atoms with Crippen molar-refractivity contribution in [2.75, 3.05) is 13.1 Å². The average molecular weight is 254 g/mol. The van der Waals surface area contributed by atoms with Gasteiger partial charge < -0.3 is 0 Å². The Bertz CT molecular complexity index is 480. The van der Waals surface area contributed by atoms with Gasteiger partial charge in [-0.15, -0.1) is 0 Å². The lowest BCUT2D eigenvalue weighted by Crippen LogP contribution is -2.47. The Morgan fingerprint density at radius 1 is 1.00 bits per heavy atom. The molecule has 1 aliphatic carbocycles. The van der Waals surface area contributed by atoms with Gasteiger partial charge in [-0.1, -0.05) is 37.1 Å². The van der Waals surface area contributed by atoms with E-state index in [0.29, 0.717) is 0 Å². The summed E-state index contributed by atoms with van der Waals surface area (Å²) in [5, 5.41) is 9.94. The van der Waals surface area contributed by atoms with Crippen LogP contribution in [0.4, 0.5) is 0 Å². The molecule has 2 heteroatoms. The summed E-state index contributed by atoms with van der Waals surface area (Å²) in [6.45, 7) is 2.17. The Morgan fingerprint density at radius 2 is 1.74 bits per heavy atom. The number of hydrogen-bond acceptors (Lipinski definition) is 2. The number of likely N-dealkylation sites (tertiary alicyclic amines) is 1. The highest BCUT2D eigenvalue weighted by molar-refractivity contribution is 5.41. The Balaban J connectivity index is 2.02. The minimum absolute atomic E-state index is 0.348. The lowest BCUT2D eigenvalue weighted by Gasteiger charge is -2.42. The Morgan fingerprint density at radius 3 is 2.47 bits per heavy atom. The van der Waals surface area contributed by atoms with Crippen LogP contribution in [0.15, 0.2) is 24.3 Å². The van der Waals surface area contributed by atoms with E-state index in [9.17, 15) is 5.26 Å². The van der Waals surface area contributed by atoms with Crippen LogP contribution in [0.2, 0.25) is 0 Å². The molecule has 3 rings (SSSR count). The van der Waals surface area contributed by atoms with Crippen molar-refractivity contribution in [3.8, 4) is 6.07 Å². The maximum Gasteiger partial charge on any atom is 0.135 e. The minimum atomic E-state index is -0.348. The van der Waals surface area contributed by atoms with Crippen LogP contribution in [0.5, 0.6) is 0 Å². The summed E-state index contributed by atoms with van der Waals surface area (Å²) in [6, 6.07) is 11.3. The van der Waals surface area contributed by atoms with Crippen molar-refractivity contribution >= 4 is 0 Å². The standard InChI is InChI=1S/C17H22N2/c18-14-17(19-12-5-1-2-6-13-19)11-7-9-15-8-3-4-10-16(15)17/h3-4,8,10H,1-2,5-7,9,11-13H2. The van der Waals surface area contributed by atoms with Crippen LogP contribution in [-0.4, -0.2) is 18.0 Å². The molecule has 0 spiro atoms. The second-order valence-corrected chi connectivity index (χ2v) is 5.88. The van der Waals surface area contributed by atoms with E-state index in [1.807, 2.05) is 0 Å². The van der Waals surface area contributed by atoms with Gasteiger partial charge in [-0.25, -0.2) is 0 Å². The predicted molar refractivity (Wildman–Crippen MR) is 76.7 cm³/mol. The van der Waals surface area contributed by atoms with Gasteiger partial charge in [0.05, 0.1) is 6.07 Å². The topological polar surface area (TPSA) is 27.0 Å². The zero-order valence-electron chi connectivity index (χ0n) is 11.6. The van der Waals surface area contributed by atoms with Crippen LogP contribution >= 0.6 is 0 Å². The summed E-state index contributed by atoms with van der Waals surface area (Å²) in [5.41, 5.74) is 2.32. The lowest BCUT2D eigenvalue weighted by atomic mass is 9.76. The van der Waals surface area contributed by atoms with E-state index >= 15 is 0 Å². The molecule has 0 amide bonds. The third-order valence-corrected chi connectivity index (χ3v) is 4.78. The zero-order valence-corrected chi connectivity index (χ0v) is 11.6. The van der Waals surface area contributed by atoms with Crippen LogP contribution in [0.25, 0.3) is 0 Å². The van der Waals surface area contributed by atoms with Crippen molar-refractivity contribution in [2.45, 2.75) is 50.5 Å². The van der Waals surface area contributed by atoms with Gasteiger partial charge in [0.1, 0.15) is 5.54 Å².